The van der Waals surface area contributed by atoms with Crippen LogP contribution in [0, 0.1) is 12.3 Å². The first kappa shape index (κ1) is 13.5. The summed E-state index contributed by atoms with van der Waals surface area (Å²) < 4.78 is 5.32. The summed E-state index contributed by atoms with van der Waals surface area (Å²) in [6.45, 7) is 3.48. The van der Waals surface area contributed by atoms with Crippen molar-refractivity contribution in [2.75, 3.05) is 19.8 Å². The maximum Gasteiger partial charge on any atom is 0.170 e. The van der Waals surface area contributed by atoms with Crippen molar-refractivity contribution in [3.8, 4) is 0 Å². The van der Waals surface area contributed by atoms with Gasteiger partial charge in [0, 0.05) is 30.3 Å². The molecule has 1 aliphatic heterocycles. The Kier molecular flexibility index (Phi) is 4.05. The van der Waals surface area contributed by atoms with Crippen LogP contribution in [0.3, 0.4) is 0 Å². The fourth-order valence-electron chi connectivity index (χ4n) is 2.33. The van der Waals surface area contributed by atoms with E-state index < -0.39 is 5.41 Å². The van der Waals surface area contributed by atoms with E-state index in [-0.39, 0.29) is 5.78 Å². The molecule has 2 N–H and O–H groups in total. The van der Waals surface area contributed by atoms with Crippen molar-refractivity contribution in [3.05, 3.63) is 34.3 Å². The Morgan fingerprint density at radius 2 is 2.11 bits per heavy atom. The number of benzene rings is 1. The number of halogens is 1. The molecule has 1 aromatic rings. The lowest BCUT2D eigenvalue weighted by Gasteiger charge is -2.34. The zero-order chi connectivity index (χ0) is 13.2. The van der Waals surface area contributed by atoms with Crippen LogP contribution in [0.25, 0.3) is 0 Å². The molecule has 0 saturated carbocycles. The lowest BCUT2D eigenvalue weighted by Crippen LogP contribution is -2.43. The van der Waals surface area contributed by atoms with Gasteiger partial charge in [0.05, 0.1) is 5.41 Å². The first-order valence-corrected chi connectivity index (χ1v) is 6.56. The third-order valence-electron chi connectivity index (χ3n) is 3.76. The molecule has 18 heavy (non-hydrogen) atoms. The molecule has 0 amide bonds. The monoisotopic (exact) mass is 267 g/mol. The highest BCUT2D eigenvalue weighted by molar-refractivity contribution is 6.31. The maximum absolute atomic E-state index is 12.6. The molecule has 0 unspecified atom stereocenters. The first-order chi connectivity index (χ1) is 8.59. The van der Waals surface area contributed by atoms with Gasteiger partial charge in [0.2, 0.25) is 0 Å². The van der Waals surface area contributed by atoms with Gasteiger partial charge in [-0.2, -0.15) is 0 Å². The number of hydrogen-bond acceptors (Lipinski definition) is 3. The van der Waals surface area contributed by atoms with Crippen LogP contribution in [-0.4, -0.2) is 25.5 Å². The molecule has 0 aliphatic carbocycles. The minimum Gasteiger partial charge on any atom is -0.381 e. The second kappa shape index (κ2) is 5.39. The summed E-state index contributed by atoms with van der Waals surface area (Å²) in [7, 11) is 0. The third kappa shape index (κ3) is 2.44. The van der Waals surface area contributed by atoms with E-state index in [4.69, 9.17) is 22.1 Å². The molecule has 3 nitrogen and oxygen atoms in total. The van der Waals surface area contributed by atoms with Gasteiger partial charge in [0.25, 0.3) is 0 Å². The van der Waals surface area contributed by atoms with E-state index >= 15 is 0 Å². The summed E-state index contributed by atoms with van der Waals surface area (Å²) >= 11 is 6.08. The van der Waals surface area contributed by atoms with Crippen molar-refractivity contribution in [1.82, 2.24) is 0 Å². The largest absolute Gasteiger partial charge is 0.381 e. The van der Waals surface area contributed by atoms with Crippen molar-refractivity contribution in [2.45, 2.75) is 19.8 Å². The maximum atomic E-state index is 12.6. The standard InChI is InChI=1S/C14H18ClNO2/c1-10-2-3-11(8-12(10)15)13(17)14(9-16)4-6-18-7-5-14/h2-3,8H,4-7,9,16H2,1H3. The van der Waals surface area contributed by atoms with Crippen LogP contribution < -0.4 is 5.73 Å². The lowest BCUT2D eigenvalue weighted by molar-refractivity contribution is 0.0200. The number of hydrogen-bond donors (Lipinski definition) is 1. The van der Waals surface area contributed by atoms with Crippen molar-refractivity contribution in [3.63, 3.8) is 0 Å². The molecular weight excluding hydrogens is 250 g/mol. The van der Waals surface area contributed by atoms with Gasteiger partial charge in [-0.05, 0) is 31.4 Å². The van der Waals surface area contributed by atoms with Crippen LogP contribution in [0.2, 0.25) is 5.02 Å². The number of Topliss-reactive ketones (excluding diaryl/α,β-unsaturated/α-hetero) is 1. The molecule has 98 valence electrons. The highest BCUT2D eigenvalue weighted by Gasteiger charge is 2.39. The molecule has 0 bridgehead atoms. The molecule has 1 heterocycles. The molecule has 1 aromatic carbocycles. The number of rotatable bonds is 3. The number of nitrogens with two attached hydrogens (primary N) is 1. The quantitative estimate of drug-likeness (QED) is 0.857. The fraction of sp³-hybridized carbons (Fsp3) is 0.500. The van der Waals surface area contributed by atoms with Gasteiger partial charge in [0.15, 0.2) is 5.78 Å². The Balaban J connectivity index is 2.30. The van der Waals surface area contributed by atoms with Crippen molar-refractivity contribution >= 4 is 17.4 Å². The molecule has 0 atom stereocenters. The number of ether oxygens (including phenoxy) is 1. The topological polar surface area (TPSA) is 52.3 Å². The molecule has 1 saturated heterocycles. The van der Waals surface area contributed by atoms with Gasteiger partial charge in [0.1, 0.15) is 0 Å². The zero-order valence-corrected chi connectivity index (χ0v) is 11.3. The van der Waals surface area contributed by atoms with E-state index in [9.17, 15) is 4.79 Å². The van der Waals surface area contributed by atoms with Gasteiger partial charge in [-0.3, -0.25) is 4.79 Å². The summed E-state index contributed by atoms with van der Waals surface area (Å²) in [5.41, 5.74) is 6.98. The predicted octanol–water partition coefficient (Wildman–Crippen LogP) is 2.59. The van der Waals surface area contributed by atoms with E-state index in [1.54, 1.807) is 6.07 Å². The Bertz CT molecular complexity index is 453. The summed E-state index contributed by atoms with van der Waals surface area (Å²) in [5.74, 6) is 0.0928. The zero-order valence-electron chi connectivity index (χ0n) is 10.5. The molecule has 4 heteroatoms. The third-order valence-corrected chi connectivity index (χ3v) is 4.16. The second-order valence-corrected chi connectivity index (χ2v) is 5.30. The predicted molar refractivity (Wildman–Crippen MR) is 72.1 cm³/mol. The second-order valence-electron chi connectivity index (χ2n) is 4.89. The summed E-state index contributed by atoms with van der Waals surface area (Å²) in [6, 6.07) is 5.45. The smallest absolute Gasteiger partial charge is 0.170 e. The van der Waals surface area contributed by atoms with Gasteiger partial charge < -0.3 is 10.5 Å². The van der Waals surface area contributed by atoms with Crippen LogP contribution in [0.15, 0.2) is 18.2 Å². The van der Waals surface area contributed by atoms with Crippen LogP contribution in [0.5, 0.6) is 0 Å². The van der Waals surface area contributed by atoms with Crippen molar-refractivity contribution in [1.29, 1.82) is 0 Å². The number of aryl methyl sites for hydroxylation is 1. The van der Waals surface area contributed by atoms with E-state index in [0.29, 0.717) is 43.2 Å². The van der Waals surface area contributed by atoms with Gasteiger partial charge in [-0.25, -0.2) is 0 Å². The van der Waals surface area contributed by atoms with Crippen molar-refractivity contribution < 1.29 is 9.53 Å². The number of carbonyl (C=O) groups is 1. The molecule has 0 aromatic heterocycles. The fourth-order valence-corrected chi connectivity index (χ4v) is 2.51. The first-order valence-electron chi connectivity index (χ1n) is 6.18. The molecule has 2 rings (SSSR count). The van der Waals surface area contributed by atoms with Crippen LogP contribution in [0.1, 0.15) is 28.8 Å². The van der Waals surface area contributed by atoms with E-state index in [0.717, 1.165) is 5.56 Å². The van der Waals surface area contributed by atoms with Crippen LogP contribution in [0.4, 0.5) is 0 Å². The molecule has 1 aliphatic rings. The van der Waals surface area contributed by atoms with Crippen LogP contribution >= 0.6 is 11.6 Å². The summed E-state index contributed by atoms with van der Waals surface area (Å²) in [5, 5.41) is 0.625. The van der Waals surface area contributed by atoms with Gasteiger partial charge >= 0.3 is 0 Å². The molecule has 0 spiro atoms. The van der Waals surface area contributed by atoms with Crippen molar-refractivity contribution in [2.24, 2.45) is 11.1 Å². The minimum atomic E-state index is -0.475. The Hall–Kier alpha value is -0.900. The average Bonchev–Trinajstić information content (AvgIpc) is 2.42. The summed E-state index contributed by atoms with van der Waals surface area (Å²) in [6.07, 6.45) is 1.38. The highest BCUT2D eigenvalue weighted by atomic mass is 35.5. The van der Waals surface area contributed by atoms with Crippen LogP contribution in [-0.2, 0) is 4.74 Å². The van der Waals surface area contributed by atoms with Gasteiger partial charge in [-0.15, -0.1) is 0 Å². The lowest BCUT2D eigenvalue weighted by atomic mass is 9.74. The van der Waals surface area contributed by atoms with Gasteiger partial charge in [-0.1, -0.05) is 23.7 Å². The average molecular weight is 268 g/mol. The van der Waals surface area contributed by atoms with E-state index in [1.807, 2.05) is 19.1 Å². The Morgan fingerprint density at radius 3 is 2.67 bits per heavy atom. The minimum absolute atomic E-state index is 0.0928. The SMILES string of the molecule is Cc1ccc(C(=O)C2(CN)CCOCC2)cc1Cl. The molecule has 0 radical (unpaired) electrons. The Labute approximate surface area is 112 Å². The Morgan fingerprint density at radius 1 is 1.44 bits per heavy atom. The number of ketones is 1. The van der Waals surface area contributed by atoms with E-state index in [1.165, 1.54) is 0 Å². The summed E-state index contributed by atoms with van der Waals surface area (Å²) in [4.78, 5) is 12.6. The molecule has 1 fully saturated rings. The van der Waals surface area contributed by atoms with E-state index in [2.05, 4.69) is 0 Å². The highest BCUT2D eigenvalue weighted by Crippen LogP contribution is 2.34. The number of carbonyl (C=O) groups excluding carboxylic acids is 1. The normalized spacial score (nSPS) is 18.6. The molecular formula is C14H18ClNO2.